The highest BCUT2D eigenvalue weighted by Crippen LogP contribution is 2.28. The smallest absolute Gasteiger partial charge is 0.271 e. The van der Waals surface area contributed by atoms with Gasteiger partial charge in [-0.15, -0.1) is 0 Å². The highest BCUT2D eigenvalue weighted by atomic mass is 16.3. The van der Waals surface area contributed by atoms with Crippen LogP contribution in [-0.4, -0.2) is 68.8 Å². The molecule has 0 radical (unpaired) electrons. The van der Waals surface area contributed by atoms with Crippen LogP contribution in [0, 0.1) is 19.3 Å². The van der Waals surface area contributed by atoms with Gasteiger partial charge in [0.2, 0.25) is 11.9 Å². The van der Waals surface area contributed by atoms with Gasteiger partial charge >= 0.3 is 0 Å². The molecule has 39 heavy (non-hydrogen) atoms. The minimum absolute atomic E-state index is 0.246. The molecule has 2 aromatic heterocycles. The summed E-state index contributed by atoms with van der Waals surface area (Å²) in [7, 11) is 1.73. The first-order valence-corrected chi connectivity index (χ1v) is 12.7. The number of amides is 2. The van der Waals surface area contributed by atoms with E-state index in [4.69, 9.17) is 5.41 Å². The van der Waals surface area contributed by atoms with Crippen LogP contribution in [0.25, 0.3) is 11.3 Å². The van der Waals surface area contributed by atoms with Crippen LogP contribution in [0.2, 0.25) is 0 Å². The maximum absolute atomic E-state index is 13.5. The van der Waals surface area contributed by atoms with Gasteiger partial charge in [-0.25, -0.2) is 9.97 Å². The summed E-state index contributed by atoms with van der Waals surface area (Å²) >= 11 is 0. The number of hydrogen-bond acceptors (Lipinski definition) is 8. The van der Waals surface area contributed by atoms with E-state index < -0.39 is 12.1 Å². The number of fused-ring (bicyclic) bond motifs is 1. The van der Waals surface area contributed by atoms with Crippen LogP contribution in [0.1, 0.15) is 40.1 Å². The number of hydrogen-bond donors (Lipinski definition) is 5. The van der Waals surface area contributed by atoms with Crippen LogP contribution in [0.4, 0.5) is 5.95 Å². The number of aliphatic hydroxyl groups is 1. The molecule has 3 aromatic rings. The first-order chi connectivity index (χ1) is 18.7. The van der Waals surface area contributed by atoms with Crippen LogP contribution >= 0.6 is 0 Å². The lowest BCUT2D eigenvalue weighted by molar-refractivity contribution is -0.126. The van der Waals surface area contributed by atoms with E-state index in [1.165, 1.54) is 0 Å². The molecule has 3 heterocycles. The zero-order valence-electron chi connectivity index (χ0n) is 22.5. The van der Waals surface area contributed by atoms with Gasteiger partial charge < -0.3 is 35.9 Å². The van der Waals surface area contributed by atoms with E-state index in [2.05, 4.69) is 25.9 Å². The van der Waals surface area contributed by atoms with Gasteiger partial charge in [0.25, 0.3) is 5.91 Å². The zero-order valence-corrected chi connectivity index (χ0v) is 22.5. The Morgan fingerprint density at radius 1 is 1.26 bits per heavy atom. The second-order valence-corrected chi connectivity index (χ2v) is 9.49. The molecular weight excluding hydrogens is 496 g/mol. The summed E-state index contributed by atoms with van der Waals surface area (Å²) in [5.74, 6) is 0.347. The standard InChI is InChI=1S/C28H34N8O3/c1-17-6-5-7-20(12-17)22(16-37)32-26(38)19(3)36-11-10-35-15-21(13-23(35)27(36)39)25-18(2)14-31-28(34-25)33-24(30-4)8-9-29/h5-9,12-15,19,22,29-30,37H,10-11,16H2,1-4H3,(H,32,38)(H,31,33,34)/b24-8+,29-9?/t19-,22-/m1/s1. The van der Waals surface area contributed by atoms with Crippen molar-refractivity contribution in [3.8, 4) is 11.3 Å². The van der Waals surface area contributed by atoms with Gasteiger partial charge in [0.05, 0.1) is 18.3 Å². The molecule has 2 amide bonds. The number of aromatic nitrogens is 3. The van der Waals surface area contributed by atoms with Crippen molar-refractivity contribution in [2.24, 2.45) is 0 Å². The van der Waals surface area contributed by atoms with Crippen LogP contribution in [0.3, 0.4) is 0 Å². The van der Waals surface area contributed by atoms with E-state index in [1.807, 2.05) is 48.9 Å². The number of allylic oxidation sites excluding steroid dienone is 1. The highest BCUT2D eigenvalue weighted by molar-refractivity contribution is 5.98. The SMILES string of the molecule is CN/C(=C\C=N)Nc1ncc(C)c(-c2cc3n(c2)CCN([C@H](C)C(=O)N[C@H](CO)c2cccc(C)c2)C3=O)n1. The summed E-state index contributed by atoms with van der Waals surface area (Å²) in [6.07, 6.45) is 6.29. The average Bonchev–Trinajstić information content (AvgIpc) is 3.37. The van der Waals surface area contributed by atoms with Crippen molar-refractivity contribution in [1.29, 1.82) is 5.41 Å². The Morgan fingerprint density at radius 3 is 2.74 bits per heavy atom. The topological polar surface area (TPSA) is 148 Å². The number of carbonyl (C=O) groups is 2. The molecule has 0 spiro atoms. The second-order valence-electron chi connectivity index (χ2n) is 9.49. The average molecular weight is 531 g/mol. The highest BCUT2D eigenvalue weighted by Gasteiger charge is 2.33. The molecule has 0 saturated carbocycles. The zero-order chi connectivity index (χ0) is 28.1. The van der Waals surface area contributed by atoms with E-state index in [0.29, 0.717) is 36.2 Å². The molecule has 0 aliphatic carbocycles. The molecule has 4 rings (SSSR count). The Hall–Kier alpha value is -4.51. The van der Waals surface area contributed by atoms with Crippen molar-refractivity contribution in [1.82, 2.24) is 30.1 Å². The molecule has 0 unspecified atom stereocenters. The van der Waals surface area contributed by atoms with Gasteiger partial charge in [0, 0.05) is 44.3 Å². The van der Waals surface area contributed by atoms with Crippen LogP contribution in [0.5, 0.6) is 0 Å². The fourth-order valence-corrected chi connectivity index (χ4v) is 4.58. The fourth-order valence-electron chi connectivity index (χ4n) is 4.58. The lowest BCUT2D eigenvalue weighted by Gasteiger charge is -2.33. The van der Waals surface area contributed by atoms with Crippen molar-refractivity contribution in [3.05, 3.63) is 77.0 Å². The van der Waals surface area contributed by atoms with Gasteiger partial charge in [-0.3, -0.25) is 9.59 Å². The third kappa shape index (κ3) is 5.99. The summed E-state index contributed by atoms with van der Waals surface area (Å²) in [4.78, 5) is 37.1. The summed E-state index contributed by atoms with van der Waals surface area (Å²) in [5.41, 5.74) is 4.60. The normalized spacial score (nSPS) is 14.8. The van der Waals surface area contributed by atoms with E-state index in [9.17, 15) is 14.7 Å². The summed E-state index contributed by atoms with van der Waals surface area (Å²) in [6.45, 7) is 6.21. The Kier molecular flexibility index (Phi) is 8.40. The fraction of sp³-hybridized carbons (Fsp3) is 0.321. The molecule has 1 aliphatic rings. The van der Waals surface area contributed by atoms with E-state index >= 15 is 0 Å². The second kappa shape index (κ2) is 11.9. The van der Waals surface area contributed by atoms with Crippen molar-refractivity contribution >= 4 is 24.0 Å². The molecular formula is C28H34N8O3. The molecule has 11 heteroatoms. The molecule has 5 N–H and O–H groups in total. The summed E-state index contributed by atoms with van der Waals surface area (Å²) in [5, 5.41) is 26.0. The van der Waals surface area contributed by atoms with Gasteiger partial charge in [-0.2, -0.15) is 0 Å². The molecule has 11 nitrogen and oxygen atoms in total. The van der Waals surface area contributed by atoms with Crippen molar-refractivity contribution in [2.45, 2.75) is 39.4 Å². The number of nitrogens with zero attached hydrogens (tertiary/aromatic N) is 4. The maximum Gasteiger partial charge on any atom is 0.271 e. The van der Waals surface area contributed by atoms with Gasteiger partial charge in [0.15, 0.2) is 0 Å². The van der Waals surface area contributed by atoms with E-state index in [0.717, 1.165) is 28.5 Å². The van der Waals surface area contributed by atoms with Crippen LogP contribution in [0.15, 0.2) is 54.6 Å². The maximum atomic E-state index is 13.5. The number of anilines is 1. The molecule has 0 bridgehead atoms. The van der Waals surface area contributed by atoms with Crippen molar-refractivity contribution in [2.75, 3.05) is 25.5 Å². The van der Waals surface area contributed by atoms with Gasteiger partial charge in [-0.05, 0) is 44.0 Å². The number of aliphatic hydroxyl groups excluding tert-OH is 1. The minimum Gasteiger partial charge on any atom is -0.394 e. The third-order valence-corrected chi connectivity index (χ3v) is 6.76. The molecule has 2 atom stereocenters. The molecule has 1 aliphatic heterocycles. The number of carbonyl (C=O) groups excluding carboxylic acids is 2. The molecule has 0 saturated heterocycles. The van der Waals surface area contributed by atoms with E-state index in [-0.39, 0.29) is 18.4 Å². The van der Waals surface area contributed by atoms with Gasteiger partial charge in [-0.1, -0.05) is 29.8 Å². The lowest BCUT2D eigenvalue weighted by atomic mass is 10.0. The van der Waals surface area contributed by atoms with Crippen molar-refractivity contribution in [3.63, 3.8) is 0 Å². The lowest BCUT2D eigenvalue weighted by Crippen LogP contribution is -2.52. The first-order valence-electron chi connectivity index (χ1n) is 12.7. The predicted octanol–water partition coefficient (Wildman–Crippen LogP) is 2.38. The largest absolute Gasteiger partial charge is 0.394 e. The van der Waals surface area contributed by atoms with Gasteiger partial charge in [0.1, 0.15) is 17.6 Å². The van der Waals surface area contributed by atoms with Crippen molar-refractivity contribution < 1.29 is 14.7 Å². The Morgan fingerprint density at radius 2 is 2.05 bits per heavy atom. The minimum atomic E-state index is -0.722. The number of benzene rings is 1. The third-order valence-electron chi connectivity index (χ3n) is 6.76. The predicted molar refractivity (Wildman–Crippen MR) is 149 cm³/mol. The van der Waals surface area contributed by atoms with Crippen LogP contribution in [-0.2, 0) is 11.3 Å². The van der Waals surface area contributed by atoms with E-state index in [1.54, 1.807) is 37.2 Å². The molecule has 204 valence electrons. The number of rotatable bonds is 10. The Labute approximate surface area is 227 Å². The monoisotopic (exact) mass is 530 g/mol. The Bertz CT molecular complexity index is 1410. The summed E-state index contributed by atoms with van der Waals surface area (Å²) < 4.78 is 1.88. The first kappa shape index (κ1) is 27.5. The summed E-state index contributed by atoms with van der Waals surface area (Å²) in [6, 6.07) is 8.12. The quantitative estimate of drug-likeness (QED) is 0.253. The number of aryl methyl sites for hydroxylation is 2. The number of nitrogens with one attached hydrogen (secondary N) is 4. The van der Waals surface area contributed by atoms with Crippen LogP contribution < -0.4 is 16.0 Å². The molecule has 0 fully saturated rings. The molecule has 1 aromatic carbocycles. The Balaban J connectivity index is 1.52.